The Hall–Kier alpha value is -3.10. The van der Waals surface area contributed by atoms with E-state index in [9.17, 15) is 28.0 Å². The van der Waals surface area contributed by atoms with E-state index < -0.39 is 65.5 Å². The molecule has 1 aromatic rings. The van der Waals surface area contributed by atoms with Crippen molar-refractivity contribution in [2.24, 2.45) is 11.8 Å². The summed E-state index contributed by atoms with van der Waals surface area (Å²) in [7, 11) is 0. The van der Waals surface area contributed by atoms with Gasteiger partial charge < -0.3 is 10.1 Å². The highest BCUT2D eigenvalue weighted by Crippen LogP contribution is 2.34. The molecule has 0 unspecified atom stereocenters. The van der Waals surface area contributed by atoms with Gasteiger partial charge in [0.2, 0.25) is 11.8 Å². The molecule has 2 aliphatic rings. The Labute approximate surface area is 159 Å². The summed E-state index contributed by atoms with van der Waals surface area (Å²) < 4.78 is 32.1. The van der Waals surface area contributed by atoms with Gasteiger partial charge in [-0.3, -0.25) is 24.1 Å². The first-order chi connectivity index (χ1) is 13.3. The van der Waals surface area contributed by atoms with Gasteiger partial charge in [0.15, 0.2) is 6.10 Å². The molecular weight excluding hydrogens is 374 g/mol. The van der Waals surface area contributed by atoms with Crippen LogP contribution in [0, 0.1) is 23.5 Å². The molecule has 1 aromatic carbocycles. The van der Waals surface area contributed by atoms with Crippen LogP contribution in [0.1, 0.15) is 19.8 Å². The van der Waals surface area contributed by atoms with E-state index >= 15 is 0 Å². The highest BCUT2D eigenvalue weighted by molar-refractivity contribution is 6.07. The lowest BCUT2D eigenvalue weighted by Crippen LogP contribution is -2.39. The third-order valence-corrected chi connectivity index (χ3v) is 4.77. The zero-order valence-corrected chi connectivity index (χ0v) is 15.0. The standard InChI is InChI=1S/C19H18F2N2O5/c1-10(17(25)22-16-13(20)7-4-8-14(16)21)28-15(24)9-23-18(26)11-5-2-3-6-12(11)19(23)27/h2-4,7-8,10-12H,5-6,9H2,1H3,(H,22,25)/t10-,11-,12+/m1/s1. The fourth-order valence-electron chi connectivity index (χ4n) is 3.28. The molecule has 1 heterocycles. The minimum Gasteiger partial charge on any atom is -0.451 e. The van der Waals surface area contributed by atoms with Crippen molar-refractivity contribution < 1.29 is 32.7 Å². The number of allylic oxidation sites excluding steroid dienone is 2. The Bertz CT molecular complexity index is 824. The van der Waals surface area contributed by atoms with Crippen LogP contribution in [0.25, 0.3) is 0 Å². The van der Waals surface area contributed by atoms with E-state index in [1.54, 1.807) is 0 Å². The predicted octanol–water partition coefficient (Wildman–Crippen LogP) is 1.79. The van der Waals surface area contributed by atoms with Crippen LogP contribution < -0.4 is 5.32 Å². The summed E-state index contributed by atoms with van der Waals surface area (Å²) in [6, 6.07) is 3.07. The summed E-state index contributed by atoms with van der Waals surface area (Å²) in [6.45, 7) is 0.597. The number of nitrogens with zero attached hydrogens (tertiary/aromatic N) is 1. The van der Waals surface area contributed by atoms with Gasteiger partial charge in [0.1, 0.15) is 23.9 Å². The van der Waals surface area contributed by atoms with Crippen molar-refractivity contribution in [1.29, 1.82) is 0 Å². The molecule has 3 atom stereocenters. The van der Waals surface area contributed by atoms with Crippen molar-refractivity contribution in [2.45, 2.75) is 25.9 Å². The third kappa shape index (κ3) is 3.78. The molecule has 3 rings (SSSR count). The highest BCUT2D eigenvalue weighted by atomic mass is 19.1. The van der Waals surface area contributed by atoms with Crippen LogP contribution >= 0.6 is 0 Å². The molecule has 7 nitrogen and oxygen atoms in total. The predicted molar refractivity (Wildman–Crippen MR) is 92.6 cm³/mol. The number of imide groups is 1. The van der Waals surface area contributed by atoms with Gasteiger partial charge in [0.25, 0.3) is 5.91 Å². The summed E-state index contributed by atoms with van der Waals surface area (Å²) in [5.74, 6) is -5.71. The van der Waals surface area contributed by atoms with Crippen LogP contribution in [0.15, 0.2) is 30.4 Å². The Kier molecular flexibility index (Phi) is 5.53. The van der Waals surface area contributed by atoms with E-state index in [2.05, 4.69) is 0 Å². The van der Waals surface area contributed by atoms with E-state index in [0.717, 1.165) is 23.1 Å². The van der Waals surface area contributed by atoms with Gasteiger partial charge in [-0.2, -0.15) is 0 Å². The summed E-state index contributed by atoms with van der Waals surface area (Å²) in [4.78, 5) is 49.6. The van der Waals surface area contributed by atoms with Crippen LogP contribution in [-0.4, -0.2) is 41.2 Å². The minimum atomic E-state index is -1.39. The Morgan fingerprint density at radius 2 is 1.68 bits per heavy atom. The van der Waals surface area contributed by atoms with E-state index in [1.165, 1.54) is 6.92 Å². The molecule has 1 aliphatic carbocycles. The number of hydrogen-bond acceptors (Lipinski definition) is 5. The lowest BCUT2D eigenvalue weighted by Gasteiger charge is -2.17. The van der Waals surface area contributed by atoms with E-state index in [0.29, 0.717) is 12.8 Å². The summed E-state index contributed by atoms with van der Waals surface area (Å²) in [5, 5.41) is 2.01. The minimum absolute atomic E-state index is 0.438. The summed E-state index contributed by atoms with van der Waals surface area (Å²) in [6.07, 6.45) is 3.13. The van der Waals surface area contributed by atoms with Gasteiger partial charge >= 0.3 is 5.97 Å². The average molecular weight is 392 g/mol. The number of nitrogens with one attached hydrogen (secondary N) is 1. The molecule has 9 heteroatoms. The molecule has 1 N–H and O–H groups in total. The normalized spacial score (nSPS) is 22.0. The van der Waals surface area contributed by atoms with Crippen molar-refractivity contribution in [3.05, 3.63) is 42.0 Å². The smallest absolute Gasteiger partial charge is 0.326 e. The van der Waals surface area contributed by atoms with Crippen molar-refractivity contribution in [2.75, 3.05) is 11.9 Å². The fourth-order valence-corrected chi connectivity index (χ4v) is 3.28. The maximum absolute atomic E-state index is 13.6. The molecule has 0 bridgehead atoms. The molecule has 0 radical (unpaired) electrons. The van der Waals surface area contributed by atoms with Crippen LogP contribution in [0.3, 0.4) is 0 Å². The molecular formula is C19H18F2N2O5. The first kappa shape index (κ1) is 19.7. The highest BCUT2D eigenvalue weighted by Gasteiger charge is 2.47. The molecule has 1 fully saturated rings. The number of esters is 1. The summed E-state index contributed by atoms with van der Waals surface area (Å²) >= 11 is 0. The first-order valence-electron chi connectivity index (χ1n) is 8.74. The largest absolute Gasteiger partial charge is 0.451 e. The number of benzene rings is 1. The first-order valence-corrected chi connectivity index (χ1v) is 8.74. The van der Waals surface area contributed by atoms with Gasteiger partial charge in [-0.1, -0.05) is 18.2 Å². The van der Waals surface area contributed by atoms with Crippen LogP contribution in [-0.2, 0) is 23.9 Å². The quantitative estimate of drug-likeness (QED) is 0.469. The maximum atomic E-state index is 13.6. The second-order valence-electron chi connectivity index (χ2n) is 6.64. The van der Waals surface area contributed by atoms with Crippen molar-refractivity contribution in [1.82, 2.24) is 4.90 Å². The fraction of sp³-hybridized carbons (Fsp3) is 0.368. The Morgan fingerprint density at radius 1 is 1.14 bits per heavy atom. The van der Waals surface area contributed by atoms with E-state index in [-0.39, 0.29) is 0 Å². The van der Waals surface area contributed by atoms with Gasteiger partial charge in [-0.25, -0.2) is 8.78 Å². The Balaban J connectivity index is 1.58. The monoisotopic (exact) mass is 392 g/mol. The molecule has 1 saturated heterocycles. The van der Waals surface area contributed by atoms with Crippen molar-refractivity contribution >= 4 is 29.4 Å². The number of para-hydroxylation sites is 1. The average Bonchev–Trinajstić information content (AvgIpc) is 2.90. The van der Waals surface area contributed by atoms with Crippen LogP contribution in [0.2, 0.25) is 0 Å². The van der Waals surface area contributed by atoms with Crippen molar-refractivity contribution in [3.63, 3.8) is 0 Å². The molecule has 0 aromatic heterocycles. The van der Waals surface area contributed by atoms with Gasteiger partial charge in [0, 0.05) is 0 Å². The molecule has 1 aliphatic heterocycles. The number of carbonyl (C=O) groups excluding carboxylic acids is 4. The second-order valence-corrected chi connectivity index (χ2v) is 6.64. The number of amides is 3. The number of rotatable bonds is 5. The van der Waals surface area contributed by atoms with Crippen molar-refractivity contribution in [3.8, 4) is 0 Å². The maximum Gasteiger partial charge on any atom is 0.326 e. The lowest BCUT2D eigenvalue weighted by atomic mass is 9.85. The molecule has 148 valence electrons. The number of carbonyl (C=O) groups is 4. The van der Waals surface area contributed by atoms with Crippen LogP contribution in [0.4, 0.5) is 14.5 Å². The topological polar surface area (TPSA) is 92.8 Å². The number of halogens is 2. The Morgan fingerprint density at radius 3 is 2.21 bits per heavy atom. The molecule has 0 spiro atoms. The van der Waals surface area contributed by atoms with E-state index in [1.807, 2.05) is 17.5 Å². The van der Waals surface area contributed by atoms with Gasteiger partial charge in [-0.05, 0) is 31.9 Å². The zero-order valence-electron chi connectivity index (χ0n) is 15.0. The summed E-state index contributed by atoms with van der Waals surface area (Å²) in [5.41, 5.74) is -0.656. The molecule has 0 saturated carbocycles. The number of fused-ring (bicyclic) bond motifs is 1. The van der Waals surface area contributed by atoms with Crippen LogP contribution in [0.5, 0.6) is 0 Å². The van der Waals surface area contributed by atoms with Gasteiger partial charge in [-0.15, -0.1) is 0 Å². The second kappa shape index (κ2) is 7.87. The SMILES string of the molecule is C[C@@H](OC(=O)CN1C(=O)[C@H]2CC=CC[C@H]2C1=O)C(=O)Nc1c(F)cccc1F. The zero-order chi connectivity index (χ0) is 20.4. The molecule has 3 amide bonds. The number of likely N-dealkylation sites (tertiary alicyclic amines) is 1. The number of ether oxygens (including phenoxy) is 1. The lowest BCUT2D eigenvalue weighted by molar-refractivity contribution is -0.158. The third-order valence-electron chi connectivity index (χ3n) is 4.77. The molecule has 28 heavy (non-hydrogen) atoms. The van der Waals surface area contributed by atoms with Gasteiger partial charge in [0.05, 0.1) is 11.8 Å². The number of anilines is 1. The number of hydrogen-bond donors (Lipinski definition) is 1. The van der Waals surface area contributed by atoms with E-state index in [4.69, 9.17) is 4.74 Å².